The number of carbonyl (C=O) groups excluding carboxylic acids is 2. The highest BCUT2D eigenvalue weighted by molar-refractivity contribution is 7.74. The van der Waals surface area contributed by atoms with Gasteiger partial charge >= 0.3 is 6.09 Å². The van der Waals surface area contributed by atoms with Crippen molar-refractivity contribution in [3.05, 3.63) is 81.8 Å². The molecule has 3 atom stereocenters. The summed E-state index contributed by atoms with van der Waals surface area (Å²) < 4.78 is 35.4. The first kappa shape index (κ1) is 28.2. The summed E-state index contributed by atoms with van der Waals surface area (Å²) in [5.74, 6) is -0.396. The first-order chi connectivity index (χ1) is 17.9. The van der Waals surface area contributed by atoms with Gasteiger partial charge in [-0.2, -0.15) is 4.28 Å². The number of nitrogens with one attached hydrogen (secondary N) is 3. The Hall–Kier alpha value is -3.36. The Bertz CT molecular complexity index is 1180. The third-order valence-electron chi connectivity index (χ3n) is 5.17. The number of amides is 2. The van der Waals surface area contributed by atoms with Crippen LogP contribution in [0.25, 0.3) is 0 Å². The van der Waals surface area contributed by atoms with Crippen LogP contribution in [0.5, 0.6) is 0 Å². The number of alkyl carbamates (subject to hydrolysis) is 1. The van der Waals surface area contributed by atoms with Gasteiger partial charge in [0.1, 0.15) is 22.4 Å². The molecule has 198 valence electrons. The first-order valence-electron chi connectivity index (χ1n) is 11.1. The summed E-state index contributed by atoms with van der Waals surface area (Å²) in [7, 11) is 2.81. The molecule has 1 unspecified atom stereocenters. The highest BCUT2D eigenvalue weighted by Crippen LogP contribution is 2.24. The van der Waals surface area contributed by atoms with E-state index >= 15 is 0 Å². The Morgan fingerprint density at radius 3 is 2.38 bits per heavy atom. The number of nitrogens with zero attached hydrogens (tertiary/aromatic N) is 1. The second kappa shape index (κ2) is 14.4. The standard InChI is InChI=1S/C24H28N4O7S2/c1-33-14-19-15-36-23(25-19)21(13-17-8-10-18(11-9-17)28-35-37(31)32)26-22(29)20(27-24(30)34-2)12-16-6-4-3-5-7-16/h3-11,15,20-21,28H,12-14H2,1-2H3,(H,26,29)(H,27,30)(H,31,32)/p-1/t20-,21-/m0/s1. The summed E-state index contributed by atoms with van der Waals surface area (Å²) in [5, 5.41) is 8.16. The number of aromatic nitrogens is 1. The molecule has 1 heterocycles. The van der Waals surface area contributed by atoms with Gasteiger partial charge in [0.25, 0.3) is 0 Å². The molecule has 2 aromatic carbocycles. The van der Waals surface area contributed by atoms with Gasteiger partial charge in [-0.25, -0.2) is 14.0 Å². The van der Waals surface area contributed by atoms with E-state index in [0.717, 1.165) is 16.8 Å². The highest BCUT2D eigenvalue weighted by Gasteiger charge is 2.26. The van der Waals surface area contributed by atoms with E-state index in [4.69, 9.17) is 9.47 Å². The van der Waals surface area contributed by atoms with E-state index in [9.17, 15) is 18.4 Å². The molecule has 0 spiro atoms. The van der Waals surface area contributed by atoms with Gasteiger partial charge in [0, 0.05) is 18.9 Å². The molecule has 37 heavy (non-hydrogen) atoms. The number of hydrogen-bond donors (Lipinski definition) is 3. The quantitative estimate of drug-likeness (QED) is 0.217. The fourth-order valence-electron chi connectivity index (χ4n) is 3.46. The maximum absolute atomic E-state index is 13.4. The average molecular weight is 548 g/mol. The van der Waals surface area contributed by atoms with Crippen molar-refractivity contribution in [2.24, 2.45) is 0 Å². The minimum atomic E-state index is -2.70. The van der Waals surface area contributed by atoms with Crippen molar-refractivity contribution >= 4 is 40.4 Å². The lowest BCUT2D eigenvalue weighted by atomic mass is 10.0. The molecule has 3 N–H and O–H groups in total. The number of thiazole rings is 1. The van der Waals surface area contributed by atoms with E-state index in [-0.39, 0.29) is 6.42 Å². The van der Waals surface area contributed by atoms with Crippen LogP contribution in [0.1, 0.15) is 27.9 Å². The molecule has 13 heteroatoms. The normalized spacial score (nSPS) is 13.3. The zero-order chi connectivity index (χ0) is 26.6. The number of rotatable bonds is 13. The maximum atomic E-state index is 13.4. The van der Waals surface area contributed by atoms with Gasteiger partial charge in [0.15, 0.2) is 0 Å². The Kier molecular flexibility index (Phi) is 11.0. The Labute approximate surface area is 221 Å². The summed E-state index contributed by atoms with van der Waals surface area (Å²) in [5.41, 5.74) is 5.21. The van der Waals surface area contributed by atoms with Crippen LogP contribution in [-0.4, -0.2) is 46.0 Å². The average Bonchev–Trinajstić information content (AvgIpc) is 3.36. The first-order valence-corrected chi connectivity index (χ1v) is 13.0. The lowest BCUT2D eigenvalue weighted by molar-refractivity contribution is -0.123. The minimum absolute atomic E-state index is 0.267. The summed E-state index contributed by atoms with van der Waals surface area (Å²) >= 11 is -1.31. The molecule has 3 rings (SSSR count). The molecular formula is C24H27N4O7S2-. The van der Waals surface area contributed by atoms with E-state index in [1.54, 1.807) is 31.4 Å². The Balaban J connectivity index is 1.80. The van der Waals surface area contributed by atoms with E-state index in [1.807, 2.05) is 35.7 Å². The lowest BCUT2D eigenvalue weighted by Gasteiger charge is -2.22. The molecule has 1 aromatic heterocycles. The number of methoxy groups -OCH3 is 2. The van der Waals surface area contributed by atoms with Crippen molar-refractivity contribution in [2.75, 3.05) is 19.7 Å². The van der Waals surface area contributed by atoms with Gasteiger partial charge in [-0.15, -0.1) is 11.3 Å². The second-order valence-electron chi connectivity index (χ2n) is 7.84. The van der Waals surface area contributed by atoms with Crippen LogP contribution in [0.4, 0.5) is 10.5 Å². The zero-order valence-electron chi connectivity index (χ0n) is 20.2. The molecule has 2 amide bonds. The predicted octanol–water partition coefficient (Wildman–Crippen LogP) is 2.79. The van der Waals surface area contributed by atoms with Crippen molar-refractivity contribution in [3.63, 3.8) is 0 Å². The number of hydrogen-bond acceptors (Lipinski definition) is 10. The third-order valence-corrected chi connectivity index (χ3v) is 6.40. The molecular weight excluding hydrogens is 520 g/mol. The molecule has 0 aliphatic heterocycles. The van der Waals surface area contributed by atoms with Gasteiger partial charge in [-0.3, -0.25) is 10.3 Å². The van der Waals surface area contributed by atoms with Crippen LogP contribution < -0.4 is 16.1 Å². The predicted molar refractivity (Wildman–Crippen MR) is 137 cm³/mol. The van der Waals surface area contributed by atoms with Crippen LogP contribution in [0, 0.1) is 0 Å². The molecule has 0 aliphatic rings. The van der Waals surface area contributed by atoms with Crippen molar-refractivity contribution in [1.29, 1.82) is 0 Å². The fourth-order valence-corrected chi connectivity index (χ4v) is 4.47. The molecule has 0 fully saturated rings. The number of ether oxygens (including phenoxy) is 2. The van der Waals surface area contributed by atoms with E-state index in [1.165, 1.54) is 18.4 Å². The topological polar surface area (TPSA) is 151 Å². The molecule has 0 radical (unpaired) electrons. The number of benzene rings is 2. The maximum Gasteiger partial charge on any atom is 0.407 e. The summed E-state index contributed by atoms with van der Waals surface area (Å²) in [6, 6.07) is 14.8. The van der Waals surface area contributed by atoms with Crippen molar-refractivity contribution in [2.45, 2.75) is 31.5 Å². The number of anilines is 1. The van der Waals surface area contributed by atoms with Gasteiger partial charge in [-0.05, 0) is 29.7 Å². The van der Waals surface area contributed by atoms with E-state index < -0.39 is 35.4 Å². The zero-order valence-corrected chi connectivity index (χ0v) is 21.8. The van der Waals surface area contributed by atoms with Crippen molar-refractivity contribution in [3.8, 4) is 0 Å². The molecule has 0 aliphatic carbocycles. The van der Waals surface area contributed by atoms with Crippen LogP contribution in [0.2, 0.25) is 0 Å². The molecule has 0 saturated carbocycles. The largest absolute Gasteiger partial charge is 0.748 e. The molecule has 3 aromatic rings. The summed E-state index contributed by atoms with van der Waals surface area (Å²) in [6.45, 7) is 0.332. The molecule has 0 bridgehead atoms. The van der Waals surface area contributed by atoms with Crippen molar-refractivity contribution < 1.29 is 32.1 Å². The van der Waals surface area contributed by atoms with Crippen LogP contribution >= 0.6 is 11.3 Å². The van der Waals surface area contributed by atoms with E-state index in [0.29, 0.717) is 23.7 Å². The fraction of sp³-hybridized carbons (Fsp3) is 0.292. The smallest absolute Gasteiger partial charge is 0.407 e. The van der Waals surface area contributed by atoms with Gasteiger partial charge in [0.05, 0.1) is 31.1 Å². The third kappa shape index (κ3) is 9.22. The molecule has 0 saturated heterocycles. The van der Waals surface area contributed by atoms with Crippen LogP contribution in [0.3, 0.4) is 0 Å². The lowest BCUT2D eigenvalue weighted by Crippen LogP contribution is -2.49. The summed E-state index contributed by atoms with van der Waals surface area (Å²) in [6.07, 6.45) is -0.0622. The van der Waals surface area contributed by atoms with Crippen LogP contribution in [0.15, 0.2) is 60.0 Å². The van der Waals surface area contributed by atoms with Gasteiger partial charge in [0.2, 0.25) is 5.91 Å². The van der Waals surface area contributed by atoms with Gasteiger partial charge in [-0.1, -0.05) is 42.5 Å². The number of carbonyl (C=O) groups is 2. The van der Waals surface area contributed by atoms with E-state index in [2.05, 4.69) is 25.4 Å². The van der Waals surface area contributed by atoms with Crippen LogP contribution in [-0.2, 0) is 49.4 Å². The highest BCUT2D eigenvalue weighted by atomic mass is 32.2. The summed E-state index contributed by atoms with van der Waals surface area (Å²) in [4.78, 5) is 30.0. The SMILES string of the molecule is COCc1csc([C@H](Cc2ccc(NOS(=O)[O-])cc2)NC(=O)[C@H](Cc2ccccc2)NC(=O)OC)n1. The Morgan fingerprint density at radius 2 is 1.73 bits per heavy atom. The Morgan fingerprint density at radius 1 is 1.03 bits per heavy atom. The second-order valence-corrected chi connectivity index (χ2v) is 9.30. The monoisotopic (exact) mass is 547 g/mol. The molecule has 11 nitrogen and oxygen atoms in total. The van der Waals surface area contributed by atoms with Gasteiger partial charge < -0.3 is 24.7 Å². The van der Waals surface area contributed by atoms with Crippen molar-refractivity contribution in [1.82, 2.24) is 15.6 Å². The minimum Gasteiger partial charge on any atom is -0.748 e.